The van der Waals surface area contributed by atoms with E-state index in [9.17, 15) is 9.59 Å². The average molecular weight is 229 g/mol. The minimum atomic E-state index is -0.464. The Bertz CT molecular complexity index is 245. The molecule has 0 aromatic rings. The molecule has 0 aromatic heterocycles. The van der Waals surface area contributed by atoms with Crippen molar-refractivity contribution in [3.05, 3.63) is 0 Å². The topological polar surface area (TPSA) is 93.5 Å². The number of hydrogen-bond acceptors (Lipinski definition) is 4. The van der Waals surface area contributed by atoms with E-state index in [1.54, 1.807) is 0 Å². The second kappa shape index (κ2) is 7.19. The van der Waals surface area contributed by atoms with E-state index >= 15 is 0 Å². The molecule has 0 aromatic carbocycles. The molecule has 1 heterocycles. The molecule has 0 radical (unpaired) electrons. The van der Waals surface area contributed by atoms with Crippen LogP contribution in [0.3, 0.4) is 0 Å². The van der Waals surface area contributed by atoms with E-state index in [1.807, 2.05) is 0 Å². The molecular formula is C10H19N3O3. The van der Waals surface area contributed by atoms with Gasteiger partial charge >= 0.3 is 0 Å². The van der Waals surface area contributed by atoms with E-state index in [-0.39, 0.29) is 18.6 Å². The lowest BCUT2D eigenvalue weighted by Gasteiger charge is -2.14. The largest absolute Gasteiger partial charge is 0.370 e. The number of amides is 2. The van der Waals surface area contributed by atoms with Gasteiger partial charge in [0.15, 0.2) is 0 Å². The van der Waals surface area contributed by atoms with E-state index in [1.165, 1.54) is 0 Å². The van der Waals surface area contributed by atoms with Crippen LogP contribution >= 0.6 is 0 Å². The minimum absolute atomic E-state index is 0.0488. The Labute approximate surface area is 94.9 Å². The lowest BCUT2D eigenvalue weighted by Crippen LogP contribution is -2.35. The third-order valence-electron chi connectivity index (χ3n) is 2.41. The molecule has 4 N–H and O–H groups in total. The molecule has 0 aliphatic carbocycles. The molecule has 0 bridgehead atoms. The van der Waals surface area contributed by atoms with Crippen LogP contribution in [0.15, 0.2) is 0 Å². The van der Waals surface area contributed by atoms with Crippen molar-refractivity contribution in [2.75, 3.05) is 26.3 Å². The zero-order chi connectivity index (χ0) is 11.8. The maximum absolute atomic E-state index is 11.2. The number of rotatable bonds is 6. The fourth-order valence-corrected chi connectivity index (χ4v) is 1.66. The van der Waals surface area contributed by atoms with Gasteiger partial charge in [-0.25, -0.2) is 0 Å². The molecule has 0 spiro atoms. The summed E-state index contributed by atoms with van der Waals surface area (Å²) in [5, 5.41) is 6.05. The molecule has 1 unspecified atom stereocenters. The molecule has 6 heteroatoms. The Hall–Kier alpha value is -1.14. The summed E-state index contributed by atoms with van der Waals surface area (Å²) < 4.78 is 5.01. The fourth-order valence-electron chi connectivity index (χ4n) is 1.66. The molecule has 92 valence electrons. The van der Waals surface area contributed by atoms with Crippen LogP contribution in [0.25, 0.3) is 0 Å². The van der Waals surface area contributed by atoms with Crippen LogP contribution in [0.4, 0.5) is 0 Å². The summed E-state index contributed by atoms with van der Waals surface area (Å²) in [6.45, 7) is 1.77. The normalized spacial score (nSPS) is 21.2. The Kier molecular flexibility index (Phi) is 5.81. The highest BCUT2D eigenvalue weighted by Crippen LogP contribution is 2.05. The highest BCUT2D eigenvalue weighted by Gasteiger charge is 2.16. The summed E-state index contributed by atoms with van der Waals surface area (Å²) in [6, 6.07) is 0.208. The van der Waals surface area contributed by atoms with E-state index in [0.29, 0.717) is 19.6 Å². The number of ether oxygens (including phenoxy) is 1. The molecule has 1 aliphatic rings. The van der Waals surface area contributed by atoms with E-state index in [0.717, 1.165) is 19.4 Å². The third-order valence-corrected chi connectivity index (χ3v) is 2.41. The van der Waals surface area contributed by atoms with Crippen LogP contribution in [0.5, 0.6) is 0 Å². The van der Waals surface area contributed by atoms with Crippen LogP contribution < -0.4 is 16.4 Å². The second-order valence-corrected chi connectivity index (χ2v) is 3.87. The summed E-state index contributed by atoms with van der Waals surface area (Å²) in [4.78, 5) is 21.6. The standard InChI is InChI=1S/C10H19N3O3/c11-9(14)7-16-5-4-12-8-2-1-3-13-10(15)6-8/h8,12H,1-7H2,(H2,11,14)(H,13,15). The lowest BCUT2D eigenvalue weighted by atomic mass is 10.1. The number of carbonyl (C=O) groups is 2. The van der Waals surface area contributed by atoms with Crippen LogP contribution in [0.2, 0.25) is 0 Å². The molecule has 2 amide bonds. The number of primary amides is 1. The first kappa shape index (κ1) is 12.9. The maximum Gasteiger partial charge on any atom is 0.243 e. The highest BCUT2D eigenvalue weighted by atomic mass is 16.5. The SMILES string of the molecule is NC(=O)COCCNC1CCCNC(=O)C1. The minimum Gasteiger partial charge on any atom is -0.370 e. The number of hydrogen-bond donors (Lipinski definition) is 3. The smallest absolute Gasteiger partial charge is 0.243 e. The highest BCUT2D eigenvalue weighted by molar-refractivity contribution is 5.76. The van der Waals surface area contributed by atoms with Crippen LogP contribution in [0, 0.1) is 0 Å². The summed E-state index contributed by atoms with van der Waals surface area (Å²) in [5.41, 5.74) is 4.92. The first-order valence-electron chi connectivity index (χ1n) is 5.54. The molecule has 0 saturated carbocycles. The Balaban J connectivity index is 2.07. The van der Waals surface area contributed by atoms with Crippen molar-refractivity contribution in [1.29, 1.82) is 0 Å². The Morgan fingerprint density at radius 1 is 1.62 bits per heavy atom. The van der Waals surface area contributed by atoms with Crippen LogP contribution in [-0.2, 0) is 14.3 Å². The van der Waals surface area contributed by atoms with Crippen molar-refractivity contribution < 1.29 is 14.3 Å². The quantitative estimate of drug-likeness (QED) is 0.496. The van der Waals surface area contributed by atoms with Crippen molar-refractivity contribution in [1.82, 2.24) is 10.6 Å². The van der Waals surface area contributed by atoms with Gasteiger partial charge in [-0.05, 0) is 12.8 Å². The molecule has 1 aliphatic heterocycles. The van der Waals surface area contributed by atoms with Gasteiger partial charge in [-0.1, -0.05) is 0 Å². The second-order valence-electron chi connectivity index (χ2n) is 3.87. The van der Waals surface area contributed by atoms with Gasteiger partial charge in [0.2, 0.25) is 11.8 Å². The lowest BCUT2D eigenvalue weighted by molar-refractivity contribution is -0.122. The third kappa shape index (κ3) is 5.67. The van der Waals surface area contributed by atoms with Crippen LogP contribution in [-0.4, -0.2) is 44.2 Å². The van der Waals surface area contributed by atoms with Crippen molar-refractivity contribution in [2.24, 2.45) is 5.73 Å². The maximum atomic E-state index is 11.2. The first-order chi connectivity index (χ1) is 7.68. The summed E-state index contributed by atoms with van der Waals surface area (Å²) in [6.07, 6.45) is 2.48. The van der Waals surface area contributed by atoms with Crippen LogP contribution in [0.1, 0.15) is 19.3 Å². The summed E-state index contributed by atoms with van der Waals surface area (Å²) in [7, 11) is 0. The Morgan fingerprint density at radius 3 is 3.19 bits per heavy atom. The van der Waals surface area contributed by atoms with Crippen molar-refractivity contribution >= 4 is 11.8 Å². The molecular weight excluding hydrogens is 210 g/mol. The van der Waals surface area contributed by atoms with Crippen molar-refractivity contribution in [2.45, 2.75) is 25.3 Å². The first-order valence-corrected chi connectivity index (χ1v) is 5.54. The van der Waals surface area contributed by atoms with Gasteiger partial charge in [-0.3, -0.25) is 9.59 Å². The van der Waals surface area contributed by atoms with Gasteiger partial charge < -0.3 is 21.1 Å². The molecule has 1 rings (SSSR count). The van der Waals surface area contributed by atoms with Gasteiger partial charge in [0.25, 0.3) is 0 Å². The van der Waals surface area contributed by atoms with Gasteiger partial charge in [0.1, 0.15) is 6.61 Å². The molecule has 1 atom stereocenters. The summed E-state index contributed by atoms with van der Waals surface area (Å²) in [5.74, 6) is -0.373. The fraction of sp³-hybridized carbons (Fsp3) is 0.800. The van der Waals surface area contributed by atoms with Gasteiger partial charge in [-0.15, -0.1) is 0 Å². The van der Waals surface area contributed by atoms with Gasteiger partial charge in [0.05, 0.1) is 6.61 Å². The van der Waals surface area contributed by atoms with Crippen molar-refractivity contribution in [3.8, 4) is 0 Å². The van der Waals surface area contributed by atoms with E-state index in [4.69, 9.17) is 10.5 Å². The predicted octanol–water partition coefficient (Wildman–Crippen LogP) is -1.25. The van der Waals surface area contributed by atoms with E-state index in [2.05, 4.69) is 10.6 Å². The van der Waals surface area contributed by atoms with Gasteiger partial charge in [0, 0.05) is 25.6 Å². The number of nitrogens with one attached hydrogen (secondary N) is 2. The predicted molar refractivity (Wildman–Crippen MR) is 58.7 cm³/mol. The zero-order valence-electron chi connectivity index (χ0n) is 9.33. The van der Waals surface area contributed by atoms with Crippen molar-refractivity contribution in [3.63, 3.8) is 0 Å². The number of nitrogens with two attached hydrogens (primary N) is 1. The van der Waals surface area contributed by atoms with Gasteiger partial charge in [-0.2, -0.15) is 0 Å². The number of carbonyl (C=O) groups excluding carboxylic acids is 2. The zero-order valence-corrected chi connectivity index (χ0v) is 9.33. The monoisotopic (exact) mass is 229 g/mol. The molecule has 1 saturated heterocycles. The average Bonchev–Trinajstić information content (AvgIpc) is 2.42. The van der Waals surface area contributed by atoms with E-state index < -0.39 is 5.91 Å². The molecule has 16 heavy (non-hydrogen) atoms. The Morgan fingerprint density at radius 2 is 2.44 bits per heavy atom. The molecule has 1 fully saturated rings. The summed E-state index contributed by atoms with van der Waals surface area (Å²) >= 11 is 0. The molecule has 6 nitrogen and oxygen atoms in total.